The standard InChI is InChI=1S/C18H20O5/c1-23-16-9-13(8-15(21)10-16)17(18(22)11-19)7-4-12-2-5-14(20)6-3-12/h2-10,17-22H,11H2,1H3. The van der Waals surface area contributed by atoms with Gasteiger partial charge >= 0.3 is 0 Å². The summed E-state index contributed by atoms with van der Waals surface area (Å²) >= 11 is 0. The number of hydrogen-bond acceptors (Lipinski definition) is 5. The highest BCUT2D eigenvalue weighted by atomic mass is 16.5. The lowest BCUT2D eigenvalue weighted by Crippen LogP contribution is -2.21. The number of phenolic OH excluding ortho intramolecular Hbond substituents is 2. The molecule has 0 bridgehead atoms. The van der Waals surface area contributed by atoms with E-state index in [0.29, 0.717) is 11.3 Å². The number of hydrogen-bond donors (Lipinski definition) is 4. The van der Waals surface area contributed by atoms with Gasteiger partial charge in [0, 0.05) is 12.0 Å². The number of aliphatic hydroxyl groups is 2. The molecule has 0 aromatic heterocycles. The molecular weight excluding hydrogens is 296 g/mol. The van der Waals surface area contributed by atoms with Crippen LogP contribution < -0.4 is 4.74 Å². The molecule has 23 heavy (non-hydrogen) atoms. The van der Waals surface area contributed by atoms with Gasteiger partial charge in [-0.05, 0) is 35.4 Å². The van der Waals surface area contributed by atoms with Gasteiger partial charge in [-0.2, -0.15) is 0 Å². The first kappa shape index (κ1) is 16.9. The maximum atomic E-state index is 10.1. The third-order valence-corrected chi connectivity index (χ3v) is 3.52. The summed E-state index contributed by atoms with van der Waals surface area (Å²) in [5.74, 6) is 0.141. The summed E-state index contributed by atoms with van der Waals surface area (Å²) < 4.78 is 5.12. The summed E-state index contributed by atoms with van der Waals surface area (Å²) in [6.45, 7) is -0.414. The van der Waals surface area contributed by atoms with Gasteiger partial charge in [0.25, 0.3) is 0 Å². The zero-order valence-corrected chi connectivity index (χ0v) is 12.8. The second kappa shape index (κ2) is 7.67. The second-order valence-electron chi connectivity index (χ2n) is 5.19. The highest BCUT2D eigenvalue weighted by molar-refractivity contribution is 5.53. The van der Waals surface area contributed by atoms with Crippen LogP contribution in [-0.2, 0) is 0 Å². The first-order chi connectivity index (χ1) is 11.0. The molecule has 2 aromatic carbocycles. The van der Waals surface area contributed by atoms with Gasteiger partial charge in [0.2, 0.25) is 0 Å². The highest BCUT2D eigenvalue weighted by Gasteiger charge is 2.19. The first-order valence-corrected chi connectivity index (χ1v) is 7.17. The van der Waals surface area contributed by atoms with Crippen LogP contribution >= 0.6 is 0 Å². The van der Waals surface area contributed by atoms with Crippen LogP contribution in [0.15, 0.2) is 48.5 Å². The van der Waals surface area contributed by atoms with E-state index in [0.717, 1.165) is 5.56 Å². The van der Waals surface area contributed by atoms with E-state index in [9.17, 15) is 20.4 Å². The van der Waals surface area contributed by atoms with Crippen molar-refractivity contribution < 1.29 is 25.2 Å². The van der Waals surface area contributed by atoms with E-state index in [1.165, 1.54) is 19.2 Å². The van der Waals surface area contributed by atoms with Crippen molar-refractivity contribution in [2.24, 2.45) is 0 Å². The molecular formula is C18H20O5. The number of aliphatic hydroxyl groups excluding tert-OH is 2. The van der Waals surface area contributed by atoms with Crippen LogP contribution in [-0.4, -0.2) is 40.2 Å². The van der Waals surface area contributed by atoms with E-state index in [1.54, 1.807) is 42.5 Å². The van der Waals surface area contributed by atoms with Crippen LogP contribution in [0.2, 0.25) is 0 Å². The van der Waals surface area contributed by atoms with Crippen molar-refractivity contribution >= 4 is 6.08 Å². The normalized spacial score (nSPS) is 13.9. The predicted molar refractivity (Wildman–Crippen MR) is 87.6 cm³/mol. The molecule has 0 saturated carbocycles. The molecule has 0 aliphatic rings. The molecule has 0 fully saturated rings. The van der Waals surface area contributed by atoms with E-state index in [2.05, 4.69) is 0 Å². The zero-order chi connectivity index (χ0) is 16.8. The molecule has 4 N–H and O–H groups in total. The molecule has 2 aromatic rings. The Labute approximate surface area is 134 Å². The van der Waals surface area contributed by atoms with Gasteiger partial charge < -0.3 is 25.2 Å². The number of rotatable bonds is 6. The molecule has 2 atom stereocenters. The molecule has 0 spiro atoms. The lowest BCUT2D eigenvalue weighted by molar-refractivity contribution is 0.0841. The molecule has 5 heteroatoms. The molecule has 0 radical (unpaired) electrons. The fraction of sp³-hybridized carbons (Fsp3) is 0.222. The minimum Gasteiger partial charge on any atom is -0.508 e. The van der Waals surface area contributed by atoms with Gasteiger partial charge in [-0.25, -0.2) is 0 Å². The number of methoxy groups -OCH3 is 1. The third-order valence-electron chi connectivity index (χ3n) is 3.52. The van der Waals surface area contributed by atoms with Crippen LogP contribution in [0.1, 0.15) is 17.0 Å². The summed E-state index contributed by atoms with van der Waals surface area (Å²) in [5.41, 5.74) is 1.46. The molecule has 2 unspecified atom stereocenters. The Morgan fingerprint density at radius 2 is 1.74 bits per heavy atom. The topological polar surface area (TPSA) is 90.2 Å². The van der Waals surface area contributed by atoms with Crippen molar-refractivity contribution in [3.63, 3.8) is 0 Å². The Morgan fingerprint density at radius 3 is 2.35 bits per heavy atom. The van der Waals surface area contributed by atoms with Crippen molar-refractivity contribution in [3.05, 3.63) is 59.7 Å². The van der Waals surface area contributed by atoms with Gasteiger partial charge in [0.15, 0.2) is 0 Å². The molecule has 122 valence electrons. The van der Waals surface area contributed by atoms with Crippen molar-refractivity contribution in [2.45, 2.75) is 12.0 Å². The van der Waals surface area contributed by atoms with Gasteiger partial charge in [-0.1, -0.05) is 24.3 Å². The van der Waals surface area contributed by atoms with Gasteiger partial charge in [0.05, 0.1) is 19.8 Å². The number of aromatic hydroxyl groups is 2. The Balaban J connectivity index is 2.33. The average Bonchev–Trinajstić information content (AvgIpc) is 2.55. The van der Waals surface area contributed by atoms with E-state index < -0.39 is 18.6 Å². The fourth-order valence-corrected chi connectivity index (χ4v) is 2.29. The van der Waals surface area contributed by atoms with Crippen LogP contribution in [0, 0.1) is 0 Å². The summed E-state index contributed by atoms with van der Waals surface area (Å²) in [6, 6.07) is 11.3. The van der Waals surface area contributed by atoms with Crippen molar-refractivity contribution in [1.29, 1.82) is 0 Å². The first-order valence-electron chi connectivity index (χ1n) is 7.17. The Morgan fingerprint density at radius 1 is 1.04 bits per heavy atom. The largest absolute Gasteiger partial charge is 0.508 e. The molecule has 0 aliphatic heterocycles. The minimum atomic E-state index is -1.02. The summed E-state index contributed by atoms with van der Waals surface area (Å²) in [7, 11) is 1.49. The molecule has 5 nitrogen and oxygen atoms in total. The monoisotopic (exact) mass is 316 g/mol. The van der Waals surface area contributed by atoms with Gasteiger partial charge in [0.1, 0.15) is 17.2 Å². The zero-order valence-electron chi connectivity index (χ0n) is 12.8. The summed E-state index contributed by atoms with van der Waals surface area (Å²) in [6.07, 6.45) is 2.50. The quantitative estimate of drug-likeness (QED) is 0.656. The minimum absolute atomic E-state index is 0.0209. The molecule has 0 heterocycles. The number of ether oxygens (including phenoxy) is 1. The van der Waals surface area contributed by atoms with E-state index in [1.807, 2.05) is 0 Å². The van der Waals surface area contributed by atoms with E-state index in [4.69, 9.17) is 4.74 Å². The van der Waals surface area contributed by atoms with Crippen LogP contribution in [0.5, 0.6) is 17.2 Å². The number of phenols is 2. The fourth-order valence-electron chi connectivity index (χ4n) is 2.29. The molecule has 0 saturated heterocycles. The van der Waals surface area contributed by atoms with Crippen molar-refractivity contribution in [1.82, 2.24) is 0 Å². The SMILES string of the molecule is COc1cc(O)cc(C(C=Cc2ccc(O)cc2)C(O)CO)c1. The second-order valence-corrected chi connectivity index (χ2v) is 5.19. The van der Waals surface area contributed by atoms with Crippen LogP contribution in [0.4, 0.5) is 0 Å². The van der Waals surface area contributed by atoms with E-state index >= 15 is 0 Å². The summed E-state index contributed by atoms with van der Waals surface area (Å²) in [4.78, 5) is 0. The lowest BCUT2D eigenvalue weighted by Gasteiger charge is -2.19. The van der Waals surface area contributed by atoms with Gasteiger partial charge in [-0.3, -0.25) is 0 Å². The number of benzene rings is 2. The molecule has 0 aliphatic carbocycles. The predicted octanol–water partition coefficient (Wildman–Crippen LogP) is 2.26. The Kier molecular flexibility index (Phi) is 5.62. The van der Waals surface area contributed by atoms with Crippen molar-refractivity contribution in [2.75, 3.05) is 13.7 Å². The Bertz CT molecular complexity index is 664. The summed E-state index contributed by atoms with van der Waals surface area (Å²) in [5, 5.41) is 38.4. The maximum absolute atomic E-state index is 10.1. The van der Waals surface area contributed by atoms with Crippen molar-refractivity contribution in [3.8, 4) is 17.2 Å². The van der Waals surface area contributed by atoms with Gasteiger partial charge in [-0.15, -0.1) is 0 Å². The maximum Gasteiger partial charge on any atom is 0.122 e. The van der Waals surface area contributed by atoms with Crippen LogP contribution in [0.3, 0.4) is 0 Å². The van der Waals surface area contributed by atoms with E-state index in [-0.39, 0.29) is 11.5 Å². The molecule has 0 amide bonds. The third kappa shape index (κ3) is 4.48. The smallest absolute Gasteiger partial charge is 0.122 e. The highest BCUT2D eigenvalue weighted by Crippen LogP contribution is 2.30. The lowest BCUT2D eigenvalue weighted by atomic mass is 9.92. The van der Waals surface area contributed by atoms with Crippen LogP contribution in [0.25, 0.3) is 6.08 Å². The average molecular weight is 316 g/mol. The molecule has 2 rings (SSSR count). The Hall–Kier alpha value is -2.50.